The zero-order valence-corrected chi connectivity index (χ0v) is 9.32. The minimum atomic E-state index is 0.653. The topological polar surface area (TPSA) is 0 Å². The third-order valence-electron chi connectivity index (χ3n) is 2.90. The molecule has 0 heteroatoms. The average Bonchev–Trinajstić information content (AvgIpc) is 2.30. The van der Waals surface area contributed by atoms with Crippen LogP contribution >= 0.6 is 0 Å². The van der Waals surface area contributed by atoms with Crippen LogP contribution in [0.15, 0.2) is 42.5 Å². The molecule has 2 rings (SSSR count). The molecule has 1 aromatic rings. The summed E-state index contributed by atoms with van der Waals surface area (Å²) in [6, 6.07) is 8.68. The molecule has 0 spiro atoms. The molecule has 0 saturated heterocycles. The van der Waals surface area contributed by atoms with Gasteiger partial charge in [-0.1, -0.05) is 54.1 Å². The monoisotopic (exact) mass is 198 g/mol. The summed E-state index contributed by atoms with van der Waals surface area (Å²) in [5.41, 5.74) is 2.63. The van der Waals surface area contributed by atoms with Crippen molar-refractivity contribution in [1.29, 1.82) is 0 Å². The fraction of sp³-hybridized carbons (Fsp3) is 0.333. The molecule has 0 aromatic heterocycles. The molecule has 1 aliphatic carbocycles. The summed E-state index contributed by atoms with van der Waals surface area (Å²) >= 11 is 0. The van der Waals surface area contributed by atoms with Crippen LogP contribution in [0.5, 0.6) is 0 Å². The maximum atomic E-state index is 2.33. The van der Waals surface area contributed by atoms with E-state index in [0.29, 0.717) is 5.92 Å². The van der Waals surface area contributed by atoms with Gasteiger partial charge in [-0.15, -0.1) is 0 Å². The van der Waals surface area contributed by atoms with Crippen molar-refractivity contribution in [2.24, 2.45) is 5.92 Å². The maximum absolute atomic E-state index is 2.33. The molecular weight excluding hydrogens is 180 g/mol. The SMILES string of the molecule is Cc1ccc(/C=C/C2C=CCCC2)cc1. The first-order valence-electron chi connectivity index (χ1n) is 5.76. The van der Waals surface area contributed by atoms with Crippen LogP contribution in [0.1, 0.15) is 30.4 Å². The van der Waals surface area contributed by atoms with Gasteiger partial charge in [0.05, 0.1) is 0 Å². The first-order chi connectivity index (χ1) is 7.34. The van der Waals surface area contributed by atoms with Gasteiger partial charge in [0.2, 0.25) is 0 Å². The Kier molecular flexibility index (Phi) is 3.39. The van der Waals surface area contributed by atoms with E-state index in [9.17, 15) is 0 Å². The van der Waals surface area contributed by atoms with E-state index in [2.05, 4.69) is 55.5 Å². The van der Waals surface area contributed by atoms with Crippen LogP contribution in [0.3, 0.4) is 0 Å². The number of rotatable bonds is 2. The number of benzene rings is 1. The van der Waals surface area contributed by atoms with Gasteiger partial charge < -0.3 is 0 Å². The second-order valence-corrected chi connectivity index (χ2v) is 4.29. The van der Waals surface area contributed by atoms with Crippen LogP contribution < -0.4 is 0 Å². The van der Waals surface area contributed by atoms with Crippen LogP contribution in [0.4, 0.5) is 0 Å². The van der Waals surface area contributed by atoms with Crippen LogP contribution in [0.25, 0.3) is 6.08 Å². The summed E-state index contributed by atoms with van der Waals surface area (Å²) in [6.45, 7) is 2.12. The predicted molar refractivity (Wildman–Crippen MR) is 66.7 cm³/mol. The van der Waals surface area contributed by atoms with Crippen molar-refractivity contribution < 1.29 is 0 Å². The zero-order chi connectivity index (χ0) is 10.5. The van der Waals surface area contributed by atoms with Crippen molar-refractivity contribution >= 4 is 6.08 Å². The molecule has 1 atom stereocenters. The van der Waals surface area contributed by atoms with Gasteiger partial charge in [-0.05, 0) is 37.7 Å². The van der Waals surface area contributed by atoms with Crippen molar-refractivity contribution in [2.75, 3.05) is 0 Å². The number of hydrogen-bond acceptors (Lipinski definition) is 0. The second-order valence-electron chi connectivity index (χ2n) is 4.29. The smallest absolute Gasteiger partial charge is 0.00501 e. The highest BCUT2D eigenvalue weighted by atomic mass is 14.1. The van der Waals surface area contributed by atoms with Crippen molar-refractivity contribution in [1.82, 2.24) is 0 Å². The van der Waals surface area contributed by atoms with Gasteiger partial charge in [0, 0.05) is 0 Å². The van der Waals surface area contributed by atoms with Gasteiger partial charge in [-0.25, -0.2) is 0 Å². The summed E-state index contributed by atoms with van der Waals surface area (Å²) in [5, 5.41) is 0. The molecule has 1 aliphatic rings. The summed E-state index contributed by atoms with van der Waals surface area (Å²) < 4.78 is 0. The van der Waals surface area contributed by atoms with Crippen molar-refractivity contribution in [3.05, 3.63) is 53.6 Å². The normalized spacial score (nSPS) is 21.0. The van der Waals surface area contributed by atoms with Crippen LogP contribution in [-0.4, -0.2) is 0 Å². The second kappa shape index (κ2) is 4.97. The lowest BCUT2D eigenvalue weighted by Gasteiger charge is -2.11. The molecule has 78 valence electrons. The predicted octanol–water partition coefficient (Wildman–Crippen LogP) is 4.36. The first kappa shape index (κ1) is 10.2. The highest BCUT2D eigenvalue weighted by molar-refractivity contribution is 5.50. The molecule has 0 aliphatic heterocycles. The van der Waals surface area contributed by atoms with E-state index in [1.165, 1.54) is 30.4 Å². The number of hydrogen-bond donors (Lipinski definition) is 0. The average molecular weight is 198 g/mol. The molecule has 0 nitrogen and oxygen atoms in total. The fourth-order valence-electron chi connectivity index (χ4n) is 1.91. The van der Waals surface area contributed by atoms with Gasteiger partial charge in [-0.3, -0.25) is 0 Å². The molecule has 0 N–H and O–H groups in total. The lowest BCUT2D eigenvalue weighted by Crippen LogP contribution is -1.95. The van der Waals surface area contributed by atoms with Gasteiger partial charge in [0.15, 0.2) is 0 Å². The molecule has 0 saturated carbocycles. The van der Waals surface area contributed by atoms with Gasteiger partial charge in [0.25, 0.3) is 0 Å². The Hall–Kier alpha value is -1.30. The molecular formula is C15H18. The summed E-state index contributed by atoms with van der Waals surface area (Å²) in [6.07, 6.45) is 13.1. The van der Waals surface area contributed by atoms with E-state index in [1.807, 2.05) is 0 Å². The minimum absolute atomic E-state index is 0.653. The Balaban J connectivity index is 2.01. The first-order valence-corrected chi connectivity index (χ1v) is 5.76. The number of aryl methyl sites for hydroxylation is 1. The van der Waals surface area contributed by atoms with Crippen LogP contribution in [0.2, 0.25) is 0 Å². The Morgan fingerprint density at radius 2 is 2.00 bits per heavy atom. The Morgan fingerprint density at radius 3 is 2.67 bits per heavy atom. The molecule has 0 bridgehead atoms. The fourth-order valence-corrected chi connectivity index (χ4v) is 1.91. The molecule has 0 heterocycles. The molecule has 1 unspecified atom stereocenters. The third-order valence-corrected chi connectivity index (χ3v) is 2.90. The van der Waals surface area contributed by atoms with E-state index < -0.39 is 0 Å². The van der Waals surface area contributed by atoms with E-state index >= 15 is 0 Å². The van der Waals surface area contributed by atoms with Crippen molar-refractivity contribution in [3.63, 3.8) is 0 Å². The van der Waals surface area contributed by atoms with E-state index in [4.69, 9.17) is 0 Å². The van der Waals surface area contributed by atoms with Crippen LogP contribution in [-0.2, 0) is 0 Å². The Labute approximate surface area is 92.3 Å². The van der Waals surface area contributed by atoms with E-state index in [-0.39, 0.29) is 0 Å². The zero-order valence-electron chi connectivity index (χ0n) is 9.32. The lowest BCUT2D eigenvalue weighted by atomic mass is 9.95. The Bertz CT molecular complexity index is 354. The highest BCUT2D eigenvalue weighted by Gasteiger charge is 2.03. The van der Waals surface area contributed by atoms with Gasteiger partial charge >= 0.3 is 0 Å². The molecule has 1 aromatic carbocycles. The Morgan fingerprint density at radius 1 is 1.20 bits per heavy atom. The quantitative estimate of drug-likeness (QED) is 0.619. The molecule has 0 radical (unpaired) electrons. The van der Waals surface area contributed by atoms with E-state index in [0.717, 1.165) is 0 Å². The van der Waals surface area contributed by atoms with Crippen molar-refractivity contribution in [3.8, 4) is 0 Å². The minimum Gasteiger partial charge on any atom is -0.0879 e. The summed E-state index contributed by atoms with van der Waals surface area (Å²) in [4.78, 5) is 0. The summed E-state index contributed by atoms with van der Waals surface area (Å²) in [7, 11) is 0. The highest BCUT2D eigenvalue weighted by Crippen LogP contribution is 2.19. The third kappa shape index (κ3) is 3.09. The maximum Gasteiger partial charge on any atom is -0.00501 e. The molecule has 0 fully saturated rings. The largest absolute Gasteiger partial charge is 0.0879 e. The number of allylic oxidation sites excluding steroid dienone is 3. The van der Waals surface area contributed by atoms with Gasteiger partial charge in [0.1, 0.15) is 0 Å². The standard InChI is InChI=1S/C15H18/c1-13-7-9-15(10-8-13)12-11-14-5-3-2-4-6-14/h3,5,7-12,14H,2,4,6H2,1H3/b12-11+. The van der Waals surface area contributed by atoms with E-state index in [1.54, 1.807) is 0 Å². The van der Waals surface area contributed by atoms with Crippen molar-refractivity contribution in [2.45, 2.75) is 26.2 Å². The van der Waals surface area contributed by atoms with Crippen LogP contribution in [0, 0.1) is 12.8 Å². The summed E-state index contributed by atoms with van der Waals surface area (Å²) in [5.74, 6) is 0.653. The lowest BCUT2D eigenvalue weighted by molar-refractivity contribution is 0.632. The molecule has 0 amide bonds. The molecule has 15 heavy (non-hydrogen) atoms. The van der Waals surface area contributed by atoms with Gasteiger partial charge in [-0.2, -0.15) is 0 Å².